The highest BCUT2D eigenvalue weighted by molar-refractivity contribution is 6.31. The average Bonchev–Trinajstić information content (AvgIpc) is 2.92. The molecule has 0 unspecified atom stereocenters. The molecule has 5 heteroatoms. The van der Waals surface area contributed by atoms with Gasteiger partial charge in [0, 0.05) is 10.6 Å². The third-order valence-corrected chi connectivity index (χ3v) is 3.79. The second kappa shape index (κ2) is 6.07. The van der Waals surface area contributed by atoms with E-state index in [0.717, 1.165) is 11.1 Å². The first-order valence-corrected chi connectivity index (χ1v) is 7.24. The van der Waals surface area contributed by atoms with Crippen LogP contribution in [0, 0.1) is 18.3 Å². The van der Waals surface area contributed by atoms with Crippen LogP contribution in [0.15, 0.2) is 53.2 Å². The van der Waals surface area contributed by atoms with Crippen LogP contribution >= 0.6 is 11.6 Å². The Hall–Kier alpha value is -2.90. The number of ether oxygens (including phenoxy) is 1. The molecule has 0 saturated carbocycles. The molecule has 0 amide bonds. The Balaban J connectivity index is 1.92. The third kappa shape index (κ3) is 3.15. The maximum Gasteiger partial charge on any atom is 0.363 e. The van der Waals surface area contributed by atoms with Crippen LogP contribution in [0.1, 0.15) is 22.3 Å². The van der Waals surface area contributed by atoms with Crippen molar-refractivity contribution < 1.29 is 9.53 Å². The number of aryl methyl sites for hydroxylation is 1. The van der Waals surface area contributed by atoms with Crippen molar-refractivity contribution in [2.75, 3.05) is 0 Å². The topological polar surface area (TPSA) is 62.5 Å². The summed E-state index contributed by atoms with van der Waals surface area (Å²) in [7, 11) is 0. The van der Waals surface area contributed by atoms with Gasteiger partial charge in [0.05, 0.1) is 11.6 Å². The maximum atomic E-state index is 11.9. The number of hydrogen-bond donors (Lipinski definition) is 0. The fourth-order valence-electron chi connectivity index (χ4n) is 2.07. The van der Waals surface area contributed by atoms with Gasteiger partial charge in [0.1, 0.15) is 0 Å². The van der Waals surface area contributed by atoms with Crippen molar-refractivity contribution in [3.05, 3.63) is 75.4 Å². The fraction of sp³-hybridized carbons (Fsp3) is 0.0556. The summed E-state index contributed by atoms with van der Waals surface area (Å²) in [4.78, 5) is 16.2. The van der Waals surface area contributed by atoms with Crippen LogP contribution in [0.25, 0.3) is 6.08 Å². The predicted molar refractivity (Wildman–Crippen MR) is 88.0 cm³/mol. The summed E-state index contributed by atoms with van der Waals surface area (Å²) in [6.07, 6.45) is 1.62. The minimum atomic E-state index is -0.513. The molecule has 2 aromatic rings. The summed E-state index contributed by atoms with van der Waals surface area (Å²) in [6.45, 7) is 1.89. The Kier molecular flexibility index (Phi) is 3.96. The van der Waals surface area contributed by atoms with Crippen LogP contribution in [0.2, 0.25) is 5.02 Å². The predicted octanol–water partition coefficient (Wildman–Crippen LogP) is 3.86. The Labute approximate surface area is 138 Å². The van der Waals surface area contributed by atoms with Gasteiger partial charge >= 0.3 is 5.97 Å². The molecule has 0 atom stereocenters. The minimum absolute atomic E-state index is 0.210. The molecule has 1 aliphatic rings. The van der Waals surface area contributed by atoms with Crippen molar-refractivity contribution in [1.82, 2.24) is 0 Å². The highest BCUT2D eigenvalue weighted by atomic mass is 35.5. The molecule has 1 heterocycles. The molecular weight excluding hydrogens is 312 g/mol. The summed E-state index contributed by atoms with van der Waals surface area (Å²) in [5, 5.41) is 9.37. The van der Waals surface area contributed by atoms with Crippen LogP contribution in [0.5, 0.6) is 0 Å². The summed E-state index contributed by atoms with van der Waals surface area (Å²) < 4.78 is 5.20. The zero-order chi connectivity index (χ0) is 16.4. The molecule has 4 nitrogen and oxygen atoms in total. The quantitative estimate of drug-likeness (QED) is 0.623. The number of carbonyl (C=O) groups excluding carboxylic acids is 1. The lowest BCUT2D eigenvalue weighted by Gasteiger charge is -2.02. The van der Waals surface area contributed by atoms with E-state index >= 15 is 0 Å². The van der Waals surface area contributed by atoms with E-state index < -0.39 is 5.97 Å². The number of cyclic esters (lactones) is 1. The van der Waals surface area contributed by atoms with Crippen LogP contribution < -0.4 is 0 Å². The van der Waals surface area contributed by atoms with E-state index in [0.29, 0.717) is 16.1 Å². The molecule has 0 fully saturated rings. The summed E-state index contributed by atoms with van der Waals surface area (Å²) in [6, 6.07) is 14.3. The first-order chi connectivity index (χ1) is 11.1. The van der Waals surface area contributed by atoms with Gasteiger partial charge in [-0.1, -0.05) is 29.8 Å². The normalized spacial score (nSPS) is 15.3. The van der Waals surface area contributed by atoms with E-state index in [1.807, 2.05) is 19.1 Å². The van der Waals surface area contributed by atoms with Crippen molar-refractivity contribution in [2.24, 2.45) is 4.99 Å². The second-order valence-electron chi connectivity index (χ2n) is 5.03. The number of hydrogen-bond acceptors (Lipinski definition) is 4. The molecular formula is C18H11ClN2O2. The summed E-state index contributed by atoms with van der Waals surface area (Å²) in [5.41, 5.74) is 3.12. The van der Waals surface area contributed by atoms with E-state index in [-0.39, 0.29) is 11.6 Å². The second-order valence-corrected chi connectivity index (χ2v) is 5.44. The number of carbonyl (C=O) groups is 1. The van der Waals surface area contributed by atoms with Gasteiger partial charge in [-0.05, 0) is 48.4 Å². The van der Waals surface area contributed by atoms with E-state index in [4.69, 9.17) is 21.6 Å². The van der Waals surface area contributed by atoms with Crippen LogP contribution in [-0.2, 0) is 9.53 Å². The zero-order valence-corrected chi connectivity index (χ0v) is 13.0. The van der Waals surface area contributed by atoms with Crippen molar-refractivity contribution in [3.8, 4) is 6.07 Å². The highest BCUT2D eigenvalue weighted by Gasteiger charge is 2.24. The zero-order valence-electron chi connectivity index (χ0n) is 12.2. The maximum absolute atomic E-state index is 11.9. The van der Waals surface area contributed by atoms with Gasteiger partial charge in [0.25, 0.3) is 0 Å². The first kappa shape index (κ1) is 15.0. The lowest BCUT2D eigenvalue weighted by atomic mass is 10.1. The number of nitriles is 1. The Morgan fingerprint density at radius 2 is 1.96 bits per heavy atom. The minimum Gasteiger partial charge on any atom is -0.402 e. The average molecular weight is 323 g/mol. The van der Waals surface area contributed by atoms with Gasteiger partial charge in [-0.3, -0.25) is 0 Å². The standard InChI is InChI=1S/C18H11ClN2O2/c1-11-2-7-14(9-15(11)19)17-21-16(18(22)23-17)8-12-3-5-13(10-20)6-4-12/h2-9H,1H3/b16-8-. The smallest absolute Gasteiger partial charge is 0.363 e. The number of esters is 1. The fourth-order valence-corrected chi connectivity index (χ4v) is 2.25. The van der Waals surface area contributed by atoms with Crippen LogP contribution in [-0.4, -0.2) is 11.9 Å². The molecule has 23 heavy (non-hydrogen) atoms. The molecule has 0 spiro atoms. The van der Waals surface area contributed by atoms with Crippen molar-refractivity contribution in [3.63, 3.8) is 0 Å². The molecule has 0 bridgehead atoms. The van der Waals surface area contributed by atoms with E-state index in [1.54, 1.807) is 42.5 Å². The Morgan fingerprint density at radius 3 is 2.61 bits per heavy atom. The van der Waals surface area contributed by atoms with Gasteiger partial charge in [0.15, 0.2) is 5.70 Å². The summed E-state index contributed by atoms with van der Waals surface area (Å²) in [5.74, 6) is -0.280. The van der Waals surface area contributed by atoms with Gasteiger partial charge in [0.2, 0.25) is 5.90 Å². The molecule has 0 N–H and O–H groups in total. The lowest BCUT2D eigenvalue weighted by Crippen LogP contribution is -2.05. The SMILES string of the molecule is Cc1ccc(C2=N/C(=C\c3ccc(C#N)cc3)C(=O)O2)cc1Cl. The van der Waals surface area contributed by atoms with E-state index in [2.05, 4.69) is 4.99 Å². The molecule has 0 aromatic heterocycles. The molecule has 3 rings (SSSR count). The number of halogens is 1. The number of aliphatic imine (C=N–C) groups is 1. The van der Waals surface area contributed by atoms with Crippen molar-refractivity contribution in [1.29, 1.82) is 5.26 Å². The Bertz CT molecular complexity index is 890. The van der Waals surface area contributed by atoms with E-state index in [1.165, 1.54) is 0 Å². The molecule has 0 radical (unpaired) electrons. The monoisotopic (exact) mass is 322 g/mol. The Morgan fingerprint density at radius 1 is 1.22 bits per heavy atom. The van der Waals surface area contributed by atoms with Crippen LogP contribution in [0.4, 0.5) is 0 Å². The van der Waals surface area contributed by atoms with Gasteiger partial charge in [-0.25, -0.2) is 9.79 Å². The number of benzene rings is 2. The molecule has 0 aliphatic carbocycles. The van der Waals surface area contributed by atoms with Crippen molar-refractivity contribution >= 4 is 29.5 Å². The summed E-state index contributed by atoms with van der Waals surface area (Å²) >= 11 is 6.09. The third-order valence-electron chi connectivity index (χ3n) is 3.38. The van der Waals surface area contributed by atoms with Crippen LogP contribution in [0.3, 0.4) is 0 Å². The van der Waals surface area contributed by atoms with E-state index in [9.17, 15) is 4.79 Å². The number of rotatable bonds is 2. The van der Waals surface area contributed by atoms with Gasteiger partial charge < -0.3 is 4.74 Å². The molecule has 2 aromatic carbocycles. The van der Waals surface area contributed by atoms with Gasteiger partial charge in [-0.2, -0.15) is 5.26 Å². The lowest BCUT2D eigenvalue weighted by molar-refractivity contribution is -0.129. The first-order valence-electron chi connectivity index (χ1n) is 6.86. The number of nitrogens with zero attached hydrogens (tertiary/aromatic N) is 2. The highest BCUT2D eigenvalue weighted by Crippen LogP contribution is 2.22. The molecule has 112 valence electrons. The molecule has 0 saturated heterocycles. The van der Waals surface area contributed by atoms with Gasteiger partial charge in [-0.15, -0.1) is 0 Å². The molecule has 1 aliphatic heterocycles. The largest absolute Gasteiger partial charge is 0.402 e. The van der Waals surface area contributed by atoms with Crippen molar-refractivity contribution in [2.45, 2.75) is 6.92 Å².